The van der Waals surface area contributed by atoms with Crippen molar-refractivity contribution in [3.63, 3.8) is 0 Å². The van der Waals surface area contributed by atoms with E-state index >= 15 is 0 Å². The summed E-state index contributed by atoms with van der Waals surface area (Å²) in [7, 11) is 0. The van der Waals surface area contributed by atoms with E-state index in [-0.39, 0.29) is 11.5 Å². The molecule has 0 spiro atoms. The van der Waals surface area contributed by atoms with Gasteiger partial charge in [-0.15, -0.1) is 0 Å². The Morgan fingerprint density at radius 1 is 1.47 bits per heavy atom. The number of hydrogen-bond donors (Lipinski definition) is 2. The average molecular weight is 239 g/mol. The smallest absolute Gasteiger partial charge is 0.255 e. The van der Waals surface area contributed by atoms with Gasteiger partial charge in [0.2, 0.25) is 0 Å². The predicted octanol–water partition coefficient (Wildman–Crippen LogP) is 1.57. The molecule has 1 aromatic rings. The van der Waals surface area contributed by atoms with Gasteiger partial charge in [-0.3, -0.25) is 9.89 Å². The number of aryl methyl sites for hydroxylation is 2. The quantitative estimate of drug-likeness (QED) is 0.819. The number of H-pyrrole nitrogens is 1. The highest BCUT2D eigenvalue weighted by atomic mass is 16.5. The highest BCUT2D eigenvalue weighted by Crippen LogP contribution is 2.11. The van der Waals surface area contributed by atoms with E-state index in [4.69, 9.17) is 4.74 Å². The van der Waals surface area contributed by atoms with E-state index in [2.05, 4.69) is 15.5 Å². The second-order valence-electron chi connectivity index (χ2n) is 4.68. The second kappa shape index (κ2) is 5.31. The normalized spacial score (nSPS) is 11.6. The Kier molecular flexibility index (Phi) is 4.28. The lowest BCUT2D eigenvalue weighted by atomic mass is 10.1. The summed E-state index contributed by atoms with van der Waals surface area (Å²) in [5, 5.41) is 9.67. The van der Waals surface area contributed by atoms with Crippen LogP contribution in [0.5, 0.6) is 0 Å². The number of aromatic nitrogens is 2. The summed E-state index contributed by atoms with van der Waals surface area (Å²) < 4.78 is 5.52. The maximum Gasteiger partial charge on any atom is 0.255 e. The second-order valence-corrected chi connectivity index (χ2v) is 4.68. The average Bonchev–Trinajstić information content (AvgIpc) is 2.55. The van der Waals surface area contributed by atoms with Crippen molar-refractivity contribution >= 4 is 5.91 Å². The minimum atomic E-state index is -0.351. The van der Waals surface area contributed by atoms with Crippen molar-refractivity contribution in [2.24, 2.45) is 0 Å². The van der Waals surface area contributed by atoms with Gasteiger partial charge in [-0.2, -0.15) is 5.10 Å². The number of rotatable bonds is 5. The molecule has 1 aromatic heterocycles. The lowest BCUT2D eigenvalue weighted by Crippen LogP contribution is -2.40. The molecule has 0 aliphatic heterocycles. The molecule has 1 rings (SSSR count). The van der Waals surface area contributed by atoms with Crippen LogP contribution in [-0.2, 0) is 4.74 Å². The molecule has 0 fully saturated rings. The lowest BCUT2D eigenvalue weighted by molar-refractivity contribution is -0.00816. The summed E-state index contributed by atoms with van der Waals surface area (Å²) in [6.45, 7) is 10.6. The minimum absolute atomic E-state index is 0.110. The highest BCUT2D eigenvalue weighted by molar-refractivity contribution is 5.96. The predicted molar refractivity (Wildman–Crippen MR) is 66.1 cm³/mol. The van der Waals surface area contributed by atoms with Gasteiger partial charge < -0.3 is 10.1 Å². The van der Waals surface area contributed by atoms with Crippen LogP contribution in [0, 0.1) is 13.8 Å². The molecule has 0 aliphatic carbocycles. The van der Waals surface area contributed by atoms with Gasteiger partial charge in [0, 0.05) is 18.8 Å². The zero-order chi connectivity index (χ0) is 13.1. The van der Waals surface area contributed by atoms with Crippen molar-refractivity contribution < 1.29 is 9.53 Å². The number of carbonyl (C=O) groups is 1. The first kappa shape index (κ1) is 13.7. The number of aromatic amines is 1. The van der Waals surface area contributed by atoms with Gasteiger partial charge in [-0.1, -0.05) is 0 Å². The van der Waals surface area contributed by atoms with Crippen molar-refractivity contribution in [2.45, 2.75) is 40.2 Å². The molecule has 0 saturated heterocycles. The highest BCUT2D eigenvalue weighted by Gasteiger charge is 2.21. The topological polar surface area (TPSA) is 67.0 Å². The summed E-state index contributed by atoms with van der Waals surface area (Å²) in [4.78, 5) is 12.0. The molecule has 0 unspecified atom stereocenters. The van der Waals surface area contributed by atoms with Crippen LogP contribution in [0.25, 0.3) is 0 Å². The Labute approximate surface area is 102 Å². The first-order chi connectivity index (χ1) is 7.87. The maximum atomic E-state index is 12.0. The van der Waals surface area contributed by atoms with Crippen LogP contribution in [0.15, 0.2) is 0 Å². The molecule has 17 heavy (non-hydrogen) atoms. The van der Waals surface area contributed by atoms with Crippen LogP contribution in [0.4, 0.5) is 0 Å². The first-order valence-electron chi connectivity index (χ1n) is 5.81. The monoisotopic (exact) mass is 239 g/mol. The van der Waals surface area contributed by atoms with E-state index in [1.807, 2.05) is 34.6 Å². The van der Waals surface area contributed by atoms with Gasteiger partial charge in [0.05, 0.1) is 16.9 Å². The summed E-state index contributed by atoms with van der Waals surface area (Å²) in [6.07, 6.45) is 0. The molecule has 0 aliphatic rings. The molecule has 5 heteroatoms. The SMILES string of the molecule is CCOC(C)(C)CNC(=O)c1c(C)n[nH]c1C. The van der Waals surface area contributed by atoms with Crippen molar-refractivity contribution in [2.75, 3.05) is 13.2 Å². The van der Waals surface area contributed by atoms with E-state index in [0.29, 0.717) is 24.4 Å². The first-order valence-corrected chi connectivity index (χ1v) is 5.81. The molecule has 0 saturated carbocycles. The van der Waals surface area contributed by atoms with Crippen molar-refractivity contribution in [3.8, 4) is 0 Å². The molecule has 2 N–H and O–H groups in total. The fraction of sp³-hybridized carbons (Fsp3) is 0.667. The maximum absolute atomic E-state index is 12.0. The Balaban J connectivity index is 2.62. The van der Waals surface area contributed by atoms with Crippen LogP contribution in [0.2, 0.25) is 0 Å². The summed E-state index contributed by atoms with van der Waals surface area (Å²) in [5.41, 5.74) is 1.77. The number of ether oxygens (including phenoxy) is 1. The van der Waals surface area contributed by atoms with Gasteiger partial charge in [-0.05, 0) is 34.6 Å². The molecular weight excluding hydrogens is 218 g/mol. The van der Waals surface area contributed by atoms with Crippen molar-refractivity contribution in [1.29, 1.82) is 0 Å². The zero-order valence-corrected chi connectivity index (χ0v) is 11.2. The number of carbonyl (C=O) groups excluding carboxylic acids is 1. The molecule has 96 valence electrons. The molecule has 1 heterocycles. The number of amides is 1. The fourth-order valence-corrected chi connectivity index (χ4v) is 1.71. The number of nitrogens with one attached hydrogen (secondary N) is 2. The summed E-state index contributed by atoms with van der Waals surface area (Å²) in [5.74, 6) is -0.110. The van der Waals surface area contributed by atoms with E-state index in [1.165, 1.54) is 0 Å². The van der Waals surface area contributed by atoms with Gasteiger partial charge in [0.25, 0.3) is 5.91 Å². The number of hydrogen-bond acceptors (Lipinski definition) is 3. The third kappa shape index (κ3) is 3.56. The third-order valence-corrected chi connectivity index (χ3v) is 2.56. The van der Waals surface area contributed by atoms with Gasteiger partial charge in [0.15, 0.2) is 0 Å². The Hall–Kier alpha value is -1.36. The third-order valence-electron chi connectivity index (χ3n) is 2.56. The molecule has 1 amide bonds. The zero-order valence-electron chi connectivity index (χ0n) is 11.2. The largest absolute Gasteiger partial charge is 0.374 e. The van der Waals surface area contributed by atoms with Gasteiger partial charge in [-0.25, -0.2) is 0 Å². The van der Waals surface area contributed by atoms with Crippen LogP contribution in [-0.4, -0.2) is 34.9 Å². The molecule has 0 atom stereocenters. The van der Waals surface area contributed by atoms with E-state index in [9.17, 15) is 4.79 Å². The van der Waals surface area contributed by atoms with Crippen LogP contribution in [0.1, 0.15) is 42.5 Å². The minimum Gasteiger partial charge on any atom is -0.374 e. The summed E-state index contributed by atoms with van der Waals surface area (Å²) in [6, 6.07) is 0. The van der Waals surface area contributed by atoms with Crippen LogP contribution < -0.4 is 5.32 Å². The molecular formula is C12H21N3O2. The number of nitrogens with zero attached hydrogens (tertiary/aromatic N) is 1. The van der Waals surface area contributed by atoms with Gasteiger partial charge in [0.1, 0.15) is 0 Å². The Bertz CT molecular complexity index is 377. The molecule has 0 radical (unpaired) electrons. The van der Waals surface area contributed by atoms with Crippen molar-refractivity contribution in [3.05, 3.63) is 17.0 Å². The Morgan fingerprint density at radius 2 is 2.12 bits per heavy atom. The van der Waals surface area contributed by atoms with Crippen LogP contribution in [0.3, 0.4) is 0 Å². The standard InChI is InChI=1S/C12H21N3O2/c1-6-17-12(4,5)7-13-11(16)10-8(2)14-15-9(10)3/h6-7H2,1-5H3,(H,13,16)(H,14,15). The van der Waals surface area contributed by atoms with Gasteiger partial charge >= 0.3 is 0 Å². The van der Waals surface area contributed by atoms with E-state index in [1.54, 1.807) is 0 Å². The van der Waals surface area contributed by atoms with E-state index < -0.39 is 0 Å². The Morgan fingerprint density at radius 3 is 2.59 bits per heavy atom. The lowest BCUT2D eigenvalue weighted by Gasteiger charge is -2.24. The summed E-state index contributed by atoms with van der Waals surface area (Å²) >= 11 is 0. The van der Waals surface area contributed by atoms with Crippen LogP contribution >= 0.6 is 0 Å². The molecule has 0 aromatic carbocycles. The van der Waals surface area contributed by atoms with Crippen molar-refractivity contribution in [1.82, 2.24) is 15.5 Å². The van der Waals surface area contributed by atoms with E-state index in [0.717, 1.165) is 5.69 Å². The fourth-order valence-electron chi connectivity index (χ4n) is 1.71. The molecule has 5 nitrogen and oxygen atoms in total. The molecule has 0 bridgehead atoms.